The molecule has 2 amide bonds. The van der Waals surface area contributed by atoms with Crippen LogP contribution in [0.1, 0.15) is 17.5 Å². The first kappa shape index (κ1) is 11.9. The molecule has 1 aromatic rings. The van der Waals surface area contributed by atoms with E-state index in [2.05, 4.69) is 16.7 Å². The molecule has 1 aliphatic rings. The Morgan fingerprint density at radius 2 is 2.41 bits per heavy atom. The zero-order valence-corrected chi connectivity index (χ0v) is 10.0. The second-order valence-corrected chi connectivity index (χ2v) is 4.38. The molecule has 1 atom stereocenters. The summed E-state index contributed by atoms with van der Waals surface area (Å²) in [6.07, 6.45) is 0.901. The molecule has 0 bridgehead atoms. The van der Waals surface area contributed by atoms with Gasteiger partial charge in [0.15, 0.2) is 0 Å². The van der Waals surface area contributed by atoms with Gasteiger partial charge < -0.3 is 15.4 Å². The Kier molecular flexibility index (Phi) is 3.98. The number of hydrogen-bond donors (Lipinski definition) is 2. The molecule has 0 saturated carbocycles. The van der Waals surface area contributed by atoms with E-state index in [0.29, 0.717) is 13.2 Å². The highest BCUT2D eigenvalue weighted by Crippen LogP contribution is 2.04. The van der Waals surface area contributed by atoms with Gasteiger partial charge in [-0.25, -0.2) is 4.79 Å². The minimum absolute atomic E-state index is 0.123. The quantitative estimate of drug-likeness (QED) is 0.834. The SMILES string of the molecule is Cc1cccc(CNC(=O)NC2CCOC2)c1. The zero-order valence-electron chi connectivity index (χ0n) is 10.0. The van der Waals surface area contributed by atoms with Gasteiger partial charge in [0, 0.05) is 13.2 Å². The highest BCUT2D eigenvalue weighted by Gasteiger charge is 2.17. The van der Waals surface area contributed by atoms with Crippen LogP contribution in [0.25, 0.3) is 0 Å². The van der Waals surface area contributed by atoms with Crippen molar-refractivity contribution < 1.29 is 9.53 Å². The lowest BCUT2D eigenvalue weighted by atomic mass is 10.1. The van der Waals surface area contributed by atoms with Gasteiger partial charge in [0.2, 0.25) is 0 Å². The van der Waals surface area contributed by atoms with Crippen LogP contribution in [0.2, 0.25) is 0 Å². The molecule has 1 fully saturated rings. The summed E-state index contributed by atoms with van der Waals surface area (Å²) in [6, 6.07) is 8.15. The van der Waals surface area contributed by atoms with E-state index in [1.54, 1.807) is 0 Å². The van der Waals surface area contributed by atoms with Crippen LogP contribution in [0.3, 0.4) is 0 Å². The summed E-state index contributed by atoms with van der Waals surface area (Å²) in [5.41, 5.74) is 2.32. The molecule has 1 aliphatic heterocycles. The van der Waals surface area contributed by atoms with E-state index in [4.69, 9.17) is 4.74 Å². The molecule has 0 aliphatic carbocycles. The lowest BCUT2D eigenvalue weighted by molar-refractivity contribution is 0.188. The Balaban J connectivity index is 1.75. The molecule has 2 rings (SSSR count). The summed E-state index contributed by atoms with van der Waals surface area (Å²) in [4.78, 5) is 11.6. The Morgan fingerprint density at radius 1 is 1.53 bits per heavy atom. The fourth-order valence-corrected chi connectivity index (χ4v) is 1.89. The fourth-order valence-electron chi connectivity index (χ4n) is 1.89. The molecule has 0 aromatic heterocycles. The third-order valence-electron chi connectivity index (χ3n) is 2.80. The monoisotopic (exact) mass is 234 g/mol. The van der Waals surface area contributed by atoms with Crippen LogP contribution in [-0.2, 0) is 11.3 Å². The normalized spacial score (nSPS) is 19.0. The van der Waals surface area contributed by atoms with E-state index < -0.39 is 0 Å². The van der Waals surface area contributed by atoms with Gasteiger partial charge in [0.25, 0.3) is 0 Å². The third-order valence-corrected chi connectivity index (χ3v) is 2.80. The van der Waals surface area contributed by atoms with Crippen molar-refractivity contribution in [2.24, 2.45) is 0 Å². The summed E-state index contributed by atoms with van der Waals surface area (Å²) >= 11 is 0. The lowest BCUT2D eigenvalue weighted by Gasteiger charge is -2.12. The van der Waals surface area contributed by atoms with Gasteiger partial charge in [-0.3, -0.25) is 0 Å². The molecule has 2 N–H and O–H groups in total. The van der Waals surface area contributed by atoms with Crippen LogP contribution in [0.15, 0.2) is 24.3 Å². The van der Waals surface area contributed by atoms with E-state index in [1.165, 1.54) is 5.56 Å². The van der Waals surface area contributed by atoms with Crippen LogP contribution in [-0.4, -0.2) is 25.3 Å². The summed E-state index contributed by atoms with van der Waals surface area (Å²) in [5, 5.41) is 5.74. The fraction of sp³-hybridized carbons (Fsp3) is 0.462. The molecule has 1 aromatic carbocycles. The number of benzene rings is 1. The second kappa shape index (κ2) is 5.68. The standard InChI is InChI=1S/C13H18N2O2/c1-10-3-2-4-11(7-10)8-14-13(16)15-12-5-6-17-9-12/h2-4,7,12H,5-6,8-9H2,1H3,(H2,14,15,16). The van der Waals surface area contributed by atoms with Crippen LogP contribution >= 0.6 is 0 Å². The van der Waals surface area contributed by atoms with E-state index in [1.807, 2.05) is 25.1 Å². The van der Waals surface area contributed by atoms with Crippen LogP contribution in [0, 0.1) is 6.92 Å². The largest absolute Gasteiger partial charge is 0.379 e. The zero-order chi connectivity index (χ0) is 12.1. The summed E-state index contributed by atoms with van der Waals surface area (Å²) in [5.74, 6) is 0. The van der Waals surface area contributed by atoms with E-state index >= 15 is 0 Å². The van der Waals surface area contributed by atoms with Crippen molar-refractivity contribution in [2.45, 2.75) is 25.9 Å². The molecule has 0 spiro atoms. The first-order valence-corrected chi connectivity index (χ1v) is 5.92. The van der Waals surface area contributed by atoms with Gasteiger partial charge in [-0.15, -0.1) is 0 Å². The van der Waals surface area contributed by atoms with E-state index in [0.717, 1.165) is 18.6 Å². The van der Waals surface area contributed by atoms with Crippen molar-refractivity contribution in [3.8, 4) is 0 Å². The minimum atomic E-state index is -0.123. The van der Waals surface area contributed by atoms with Crippen molar-refractivity contribution in [2.75, 3.05) is 13.2 Å². The maximum absolute atomic E-state index is 11.6. The molecular formula is C13H18N2O2. The van der Waals surface area contributed by atoms with Crippen molar-refractivity contribution in [1.82, 2.24) is 10.6 Å². The smallest absolute Gasteiger partial charge is 0.315 e. The molecule has 1 unspecified atom stereocenters. The molecule has 17 heavy (non-hydrogen) atoms. The molecule has 92 valence electrons. The van der Waals surface area contributed by atoms with Crippen molar-refractivity contribution in [3.05, 3.63) is 35.4 Å². The minimum Gasteiger partial charge on any atom is -0.379 e. The van der Waals surface area contributed by atoms with Gasteiger partial charge in [-0.05, 0) is 18.9 Å². The Labute approximate surface area is 101 Å². The first-order valence-electron chi connectivity index (χ1n) is 5.92. The molecule has 4 heteroatoms. The Hall–Kier alpha value is -1.55. The summed E-state index contributed by atoms with van der Waals surface area (Å²) in [7, 11) is 0. The van der Waals surface area contributed by atoms with Crippen molar-refractivity contribution in [1.29, 1.82) is 0 Å². The highest BCUT2D eigenvalue weighted by atomic mass is 16.5. The first-order chi connectivity index (χ1) is 8.24. The van der Waals surface area contributed by atoms with E-state index in [-0.39, 0.29) is 12.1 Å². The molecular weight excluding hydrogens is 216 g/mol. The average Bonchev–Trinajstić information content (AvgIpc) is 2.79. The molecule has 1 heterocycles. The number of carbonyl (C=O) groups excluding carboxylic acids is 1. The Morgan fingerprint density at radius 3 is 3.12 bits per heavy atom. The van der Waals surface area contributed by atoms with Gasteiger partial charge in [-0.1, -0.05) is 29.8 Å². The van der Waals surface area contributed by atoms with Crippen molar-refractivity contribution >= 4 is 6.03 Å². The lowest BCUT2D eigenvalue weighted by Crippen LogP contribution is -2.42. The predicted octanol–water partition coefficient (Wildman–Crippen LogP) is 1.58. The van der Waals surface area contributed by atoms with E-state index in [9.17, 15) is 4.79 Å². The number of hydrogen-bond acceptors (Lipinski definition) is 2. The topological polar surface area (TPSA) is 50.4 Å². The molecule has 1 saturated heterocycles. The maximum Gasteiger partial charge on any atom is 0.315 e. The number of urea groups is 1. The Bertz CT molecular complexity index is 387. The predicted molar refractivity (Wildman–Crippen MR) is 65.8 cm³/mol. The summed E-state index contributed by atoms with van der Waals surface area (Å²) in [6.45, 7) is 3.96. The highest BCUT2D eigenvalue weighted by molar-refractivity contribution is 5.74. The number of ether oxygens (including phenoxy) is 1. The number of nitrogens with one attached hydrogen (secondary N) is 2. The van der Waals surface area contributed by atoms with Crippen LogP contribution in [0.4, 0.5) is 4.79 Å². The number of amides is 2. The van der Waals surface area contributed by atoms with Gasteiger partial charge in [0.05, 0.1) is 12.6 Å². The number of aryl methyl sites for hydroxylation is 1. The van der Waals surface area contributed by atoms with Gasteiger partial charge >= 0.3 is 6.03 Å². The van der Waals surface area contributed by atoms with Crippen LogP contribution < -0.4 is 10.6 Å². The summed E-state index contributed by atoms with van der Waals surface area (Å²) < 4.78 is 5.19. The maximum atomic E-state index is 11.6. The van der Waals surface area contributed by atoms with Gasteiger partial charge in [-0.2, -0.15) is 0 Å². The second-order valence-electron chi connectivity index (χ2n) is 4.38. The average molecular weight is 234 g/mol. The molecule has 0 radical (unpaired) electrons. The van der Waals surface area contributed by atoms with Crippen molar-refractivity contribution in [3.63, 3.8) is 0 Å². The third kappa shape index (κ3) is 3.75. The molecule has 4 nitrogen and oxygen atoms in total. The van der Waals surface area contributed by atoms with Crippen LogP contribution in [0.5, 0.6) is 0 Å². The van der Waals surface area contributed by atoms with Gasteiger partial charge in [0.1, 0.15) is 0 Å². The number of rotatable bonds is 3. The number of carbonyl (C=O) groups is 1.